The Labute approximate surface area is 176 Å². The summed E-state index contributed by atoms with van der Waals surface area (Å²) in [5, 5.41) is 2.55. The topological polar surface area (TPSA) is 67.9 Å². The molecule has 1 saturated heterocycles. The van der Waals surface area contributed by atoms with E-state index in [9.17, 15) is 14.0 Å². The lowest BCUT2D eigenvalue weighted by Crippen LogP contribution is -2.36. The molecular formula is C20H17FN2O4S2. The maximum absolute atomic E-state index is 13.2. The highest BCUT2D eigenvalue weighted by Gasteiger charge is 2.33. The molecule has 0 spiro atoms. The van der Waals surface area contributed by atoms with Crippen molar-refractivity contribution in [2.45, 2.75) is 0 Å². The minimum atomic E-state index is -0.473. The maximum atomic E-state index is 13.2. The Balaban J connectivity index is 1.72. The number of amides is 2. The minimum absolute atomic E-state index is 0.259. The van der Waals surface area contributed by atoms with Crippen LogP contribution in [0.3, 0.4) is 0 Å². The van der Waals surface area contributed by atoms with Gasteiger partial charge in [-0.25, -0.2) is 4.39 Å². The molecule has 150 valence electrons. The van der Waals surface area contributed by atoms with Crippen molar-refractivity contribution in [1.82, 2.24) is 4.90 Å². The zero-order chi connectivity index (χ0) is 21.0. The van der Waals surface area contributed by atoms with Gasteiger partial charge in [0.05, 0.1) is 19.1 Å². The van der Waals surface area contributed by atoms with Gasteiger partial charge in [-0.2, -0.15) is 0 Å². The second kappa shape index (κ2) is 9.06. The first kappa shape index (κ1) is 20.8. The number of methoxy groups -OCH3 is 2. The molecule has 0 radical (unpaired) electrons. The molecule has 1 fully saturated rings. The number of nitrogens with zero attached hydrogens (tertiary/aromatic N) is 1. The van der Waals surface area contributed by atoms with Crippen molar-refractivity contribution >= 4 is 51.9 Å². The van der Waals surface area contributed by atoms with E-state index >= 15 is 0 Å². The van der Waals surface area contributed by atoms with Crippen LogP contribution in [-0.2, 0) is 9.59 Å². The van der Waals surface area contributed by atoms with Crippen LogP contribution in [-0.4, -0.2) is 41.8 Å². The van der Waals surface area contributed by atoms with Crippen LogP contribution in [0.25, 0.3) is 6.08 Å². The van der Waals surface area contributed by atoms with Crippen LogP contribution < -0.4 is 14.8 Å². The zero-order valence-corrected chi connectivity index (χ0v) is 17.2. The van der Waals surface area contributed by atoms with Gasteiger partial charge in [-0.1, -0.05) is 36.1 Å². The van der Waals surface area contributed by atoms with Crippen LogP contribution in [0.2, 0.25) is 0 Å². The molecule has 0 saturated carbocycles. The van der Waals surface area contributed by atoms with Gasteiger partial charge in [-0.15, -0.1) is 0 Å². The van der Waals surface area contributed by atoms with Crippen molar-refractivity contribution in [2.75, 3.05) is 26.1 Å². The summed E-state index contributed by atoms with van der Waals surface area (Å²) in [5.74, 6) is -0.202. The third kappa shape index (κ3) is 4.93. The van der Waals surface area contributed by atoms with Crippen LogP contribution in [0.4, 0.5) is 10.1 Å². The van der Waals surface area contributed by atoms with Crippen LogP contribution in [0, 0.1) is 5.82 Å². The quantitative estimate of drug-likeness (QED) is 0.555. The van der Waals surface area contributed by atoms with Crippen molar-refractivity contribution in [3.63, 3.8) is 0 Å². The molecule has 0 aliphatic carbocycles. The smallest absolute Gasteiger partial charge is 0.266 e. The molecule has 9 heteroatoms. The van der Waals surface area contributed by atoms with Crippen molar-refractivity contribution in [3.05, 3.63) is 58.8 Å². The van der Waals surface area contributed by atoms with Crippen LogP contribution in [0.15, 0.2) is 47.4 Å². The van der Waals surface area contributed by atoms with Gasteiger partial charge in [0.1, 0.15) is 16.7 Å². The normalized spacial score (nSPS) is 15.0. The molecule has 1 heterocycles. The van der Waals surface area contributed by atoms with E-state index in [2.05, 4.69) is 5.32 Å². The lowest BCUT2D eigenvalue weighted by molar-refractivity contribution is -0.126. The molecule has 0 atom stereocenters. The van der Waals surface area contributed by atoms with Crippen molar-refractivity contribution in [3.8, 4) is 11.5 Å². The molecular weight excluding hydrogens is 415 g/mol. The number of ether oxygens (including phenoxy) is 2. The van der Waals surface area contributed by atoms with E-state index in [1.54, 1.807) is 30.3 Å². The van der Waals surface area contributed by atoms with Gasteiger partial charge in [-0.3, -0.25) is 14.5 Å². The first-order chi connectivity index (χ1) is 13.9. The molecule has 1 aliphatic heterocycles. The van der Waals surface area contributed by atoms with Gasteiger partial charge in [0.2, 0.25) is 5.91 Å². The second-order valence-electron chi connectivity index (χ2n) is 5.94. The van der Waals surface area contributed by atoms with E-state index in [0.29, 0.717) is 22.1 Å². The molecule has 1 N–H and O–H groups in total. The Bertz CT molecular complexity index is 1010. The number of halogens is 1. The summed E-state index contributed by atoms with van der Waals surface area (Å²) < 4.78 is 24.0. The number of hydrogen-bond donors (Lipinski definition) is 1. The van der Waals surface area contributed by atoms with Crippen LogP contribution in [0.1, 0.15) is 5.56 Å². The van der Waals surface area contributed by atoms with E-state index in [4.69, 9.17) is 21.7 Å². The molecule has 0 bridgehead atoms. The molecule has 2 aromatic rings. The highest BCUT2D eigenvalue weighted by atomic mass is 32.2. The summed E-state index contributed by atoms with van der Waals surface area (Å²) in [4.78, 5) is 26.5. The van der Waals surface area contributed by atoms with Gasteiger partial charge >= 0.3 is 0 Å². The number of carbonyl (C=O) groups is 2. The Kier molecular flexibility index (Phi) is 6.50. The van der Waals surface area contributed by atoms with Crippen molar-refractivity contribution in [2.24, 2.45) is 0 Å². The van der Waals surface area contributed by atoms with Gasteiger partial charge in [0, 0.05) is 5.69 Å². The van der Waals surface area contributed by atoms with E-state index in [-0.39, 0.29) is 16.8 Å². The van der Waals surface area contributed by atoms with Crippen LogP contribution >= 0.6 is 24.0 Å². The second-order valence-corrected chi connectivity index (χ2v) is 7.62. The molecule has 3 rings (SSSR count). The molecule has 2 amide bonds. The summed E-state index contributed by atoms with van der Waals surface area (Å²) in [6.07, 6.45) is 1.67. The first-order valence-electron chi connectivity index (χ1n) is 8.44. The van der Waals surface area contributed by atoms with Gasteiger partial charge in [-0.05, 0) is 42.0 Å². The number of anilines is 1. The summed E-state index contributed by atoms with van der Waals surface area (Å²) >= 11 is 6.35. The fourth-order valence-electron chi connectivity index (χ4n) is 2.64. The fraction of sp³-hybridized carbons (Fsp3) is 0.150. The third-order valence-corrected chi connectivity index (χ3v) is 5.37. The monoisotopic (exact) mass is 432 g/mol. The molecule has 0 unspecified atom stereocenters. The van der Waals surface area contributed by atoms with E-state index in [1.165, 1.54) is 37.3 Å². The lowest BCUT2D eigenvalue weighted by atomic mass is 10.2. The predicted molar refractivity (Wildman–Crippen MR) is 114 cm³/mol. The van der Waals surface area contributed by atoms with E-state index in [0.717, 1.165) is 17.3 Å². The number of rotatable bonds is 6. The molecule has 0 aromatic heterocycles. The Hall–Kier alpha value is -2.91. The summed E-state index contributed by atoms with van der Waals surface area (Å²) in [7, 11) is 3.07. The van der Waals surface area contributed by atoms with Gasteiger partial charge < -0.3 is 14.8 Å². The molecule has 6 nitrogen and oxygen atoms in total. The predicted octanol–water partition coefficient (Wildman–Crippen LogP) is 3.68. The van der Waals surface area contributed by atoms with E-state index < -0.39 is 11.7 Å². The number of thioether (sulfide) groups is 1. The number of benzene rings is 2. The number of carbonyl (C=O) groups excluding carboxylic acids is 2. The average Bonchev–Trinajstić information content (AvgIpc) is 2.95. The summed E-state index contributed by atoms with van der Waals surface area (Å²) in [6.45, 7) is -0.259. The Morgan fingerprint density at radius 3 is 2.66 bits per heavy atom. The number of thiocarbonyl (C=S) groups is 1. The first-order valence-corrected chi connectivity index (χ1v) is 9.66. The lowest BCUT2D eigenvalue weighted by Gasteiger charge is -2.14. The summed E-state index contributed by atoms with van der Waals surface area (Å²) in [6, 6.07) is 10.8. The SMILES string of the molecule is COc1ccc(C=C2SC(=S)N(CC(=O)Nc3cccc(F)c3)C2=O)cc1OC. The van der Waals surface area contributed by atoms with Gasteiger partial charge in [0.15, 0.2) is 11.5 Å². The van der Waals surface area contributed by atoms with E-state index in [1.807, 2.05) is 0 Å². The minimum Gasteiger partial charge on any atom is -0.493 e. The largest absolute Gasteiger partial charge is 0.493 e. The average molecular weight is 432 g/mol. The Morgan fingerprint density at radius 1 is 1.21 bits per heavy atom. The maximum Gasteiger partial charge on any atom is 0.266 e. The summed E-state index contributed by atoms with van der Waals surface area (Å²) in [5.41, 5.74) is 1.04. The Morgan fingerprint density at radius 2 is 1.97 bits per heavy atom. The third-order valence-electron chi connectivity index (χ3n) is 3.99. The van der Waals surface area contributed by atoms with Crippen molar-refractivity contribution < 1.29 is 23.5 Å². The van der Waals surface area contributed by atoms with Crippen LogP contribution in [0.5, 0.6) is 11.5 Å². The molecule has 2 aromatic carbocycles. The highest BCUT2D eigenvalue weighted by Crippen LogP contribution is 2.34. The number of hydrogen-bond acceptors (Lipinski definition) is 6. The zero-order valence-electron chi connectivity index (χ0n) is 15.6. The molecule has 1 aliphatic rings. The standard InChI is InChI=1S/C20H17FN2O4S2/c1-26-15-7-6-12(8-16(15)27-2)9-17-19(25)23(20(28)29-17)11-18(24)22-14-5-3-4-13(21)10-14/h3-10H,11H2,1-2H3,(H,22,24). The fourth-order valence-corrected chi connectivity index (χ4v) is 3.90. The molecule has 29 heavy (non-hydrogen) atoms. The highest BCUT2D eigenvalue weighted by molar-refractivity contribution is 8.26. The van der Waals surface area contributed by atoms with Gasteiger partial charge in [0.25, 0.3) is 5.91 Å². The number of nitrogens with one attached hydrogen (secondary N) is 1. The van der Waals surface area contributed by atoms with Crippen molar-refractivity contribution in [1.29, 1.82) is 0 Å².